The van der Waals surface area contributed by atoms with Crippen molar-refractivity contribution in [1.82, 2.24) is 19.7 Å². The maximum Gasteiger partial charge on any atom is 0.271 e. The van der Waals surface area contributed by atoms with Gasteiger partial charge in [-0.1, -0.05) is 0 Å². The Hall–Kier alpha value is -2.89. The van der Waals surface area contributed by atoms with Crippen LogP contribution in [0, 0.1) is 0 Å². The van der Waals surface area contributed by atoms with Crippen molar-refractivity contribution < 1.29 is 9.90 Å². The van der Waals surface area contributed by atoms with Crippen LogP contribution in [-0.2, 0) is 6.54 Å². The highest BCUT2D eigenvalue weighted by Gasteiger charge is 2.12. The number of amides is 1. The molecule has 0 radical (unpaired) electrons. The highest BCUT2D eigenvalue weighted by Crippen LogP contribution is 2.16. The maximum absolute atomic E-state index is 12.0. The number of aromatic hydroxyl groups is 1. The summed E-state index contributed by atoms with van der Waals surface area (Å²) in [5.41, 5.74) is 1.59. The Morgan fingerprint density at radius 1 is 1.30 bits per heavy atom. The van der Waals surface area contributed by atoms with E-state index in [0.717, 1.165) is 5.56 Å². The average Bonchev–Trinajstić information content (AvgIpc) is 2.91. The minimum atomic E-state index is -0.287. The van der Waals surface area contributed by atoms with Crippen LogP contribution in [0.4, 0.5) is 0 Å². The van der Waals surface area contributed by atoms with E-state index in [1.165, 1.54) is 6.07 Å². The molecule has 0 aliphatic rings. The summed E-state index contributed by atoms with van der Waals surface area (Å²) in [6.45, 7) is 0.404. The van der Waals surface area contributed by atoms with Crippen LogP contribution in [0.5, 0.6) is 5.75 Å². The van der Waals surface area contributed by atoms with Gasteiger partial charge >= 0.3 is 0 Å². The van der Waals surface area contributed by atoms with Crippen molar-refractivity contribution in [2.45, 2.75) is 6.54 Å². The zero-order valence-electron chi connectivity index (χ0n) is 10.5. The van der Waals surface area contributed by atoms with E-state index in [1.54, 1.807) is 35.3 Å². The molecule has 3 rings (SSSR count). The van der Waals surface area contributed by atoms with E-state index in [9.17, 15) is 9.90 Å². The lowest BCUT2D eigenvalue weighted by Crippen LogP contribution is -2.23. The van der Waals surface area contributed by atoms with Gasteiger partial charge in [-0.2, -0.15) is 0 Å². The van der Waals surface area contributed by atoms with Gasteiger partial charge in [-0.15, -0.1) is 0 Å². The minimum absolute atomic E-state index is 0.0423. The molecule has 6 heteroatoms. The van der Waals surface area contributed by atoms with E-state index in [4.69, 9.17) is 0 Å². The largest absolute Gasteiger partial charge is 0.504 e. The summed E-state index contributed by atoms with van der Waals surface area (Å²) in [4.78, 5) is 20.0. The fourth-order valence-electron chi connectivity index (χ4n) is 1.88. The van der Waals surface area contributed by atoms with Crippen LogP contribution in [0.3, 0.4) is 0 Å². The molecule has 0 aliphatic carbocycles. The van der Waals surface area contributed by atoms with E-state index in [1.807, 2.05) is 12.1 Å². The lowest BCUT2D eigenvalue weighted by atomic mass is 10.2. The molecule has 0 saturated heterocycles. The van der Waals surface area contributed by atoms with Gasteiger partial charge < -0.3 is 14.8 Å². The van der Waals surface area contributed by atoms with Gasteiger partial charge in [-0.3, -0.25) is 9.78 Å². The molecule has 0 saturated carbocycles. The van der Waals surface area contributed by atoms with Crippen molar-refractivity contribution in [3.8, 4) is 5.75 Å². The molecule has 0 bridgehead atoms. The average molecular weight is 268 g/mol. The van der Waals surface area contributed by atoms with Crippen LogP contribution in [0.15, 0.2) is 49.1 Å². The first-order valence-electron chi connectivity index (χ1n) is 6.08. The topological polar surface area (TPSA) is 79.5 Å². The van der Waals surface area contributed by atoms with Gasteiger partial charge in [0.15, 0.2) is 11.4 Å². The molecule has 0 atom stereocenters. The molecular weight excluding hydrogens is 256 g/mol. The van der Waals surface area contributed by atoms with Crippen LogP contribution in [-0.4, -0.2) is 25.4 Å². The quantitative estimate of drug-likeness (QED) is 0.751. The lowest BCUT2D eigenvalue weighted by molar-refractivity contribution is 0.0946. The number of imidazole rings is 1. The fourth-order valence-corrected chi connectivity index (χ4v) is 1.88. The highest BCUT2D eigenvalue weighted by molar-refractivity contribution is 5.93. The summed E-state index contributed by atoms with van der Waals surface area (Å²) in [5.74, 6) is -0.245. The molecule has 100 valence electrons. The second-order valence-electron chi connectivity index (χ2n) is 4.29. The first-order valence-corrected chi connectivity index (χ1v) is 6.08. The van der Waals surface area contributed by atoms with Crippen molar-refractivity contribution in [2.75, 3.05) is 0 Å². The minimum Gasteiger partial charge on any atom is -0.504 e. The number of nitrogens with one attached hydrogen (secondary N) is 1. The third-order valence-electron chi connectivity index (χ3n) is 2.90. The van der Waals surface area contributed by atoms with E-state index in [-0.39, 0.29) is 17.4 Å². The number of pyridine rings is 2. The molecule has 0 unspecified atom stereocenters. The Bertz CT molecular complexity index is 752. The first-order chi connectivity index (χ1) is 9.74. The van der Waals surface area contributed by atoms with E-state index in [0.29, 0.717) is 12.2 Å². The van der Waals surface area contributed by atoms with Crippen LogP contribution >= 0.6 is 0 Å². The van der Waals surface area contributed by atoms with Crippen LogP contribution in [0.1, 0.15) is 16.1 Å². The Morgan fingerprint density at radius 2 is 2.10 bits per heavy atom. The Balaban J connectivity index is 1.77. The monoisotopic (exact) mass is 268 g/mol. The lowest BCUT2D eigenvalue weighted by Gasteiger charge is -2.02. The van der Waals surface area contributed by atoms with Crippen molar-refractivity contribution in [3.05, 3.63) is 60.3 Å². The zero-order valence-corrected chi connectivity index (χ0v) is 10.5. The van der Waals surface area contributed by atoms with E-state index < -0.39 is 0 Å². The van der Waals surface area contributed by atoms with Gasteiger partial charge in [0.1, 0.15) is 5.69 Å². The Morgan fingerprint density at radius 3 is 2.85 bits per heavy atom. The second kappa shape index (κ2) is 5.00. The number of carbonyl (C=O) groups is 1. The number of nitrogens with zero attached hydrogens (tertiary/aromatic N) is 3. The molecule has 20 heavy (non-hydrogen) atoms. The van der Waals surface area contributed by atoms with E-state index >= 15 is 0 Å². The smallest absolute Gasteiger partial charge is 0.271 e. The predicted molar refractivity (Wildman–Crippen MR) is 72.3 cm³/mol. The number of rotatable bonds is 3. The second-order valence-corrected chi connectivity index (χ2v) is 4.29. The standard InChI is InChI=1S/C14H12N4O2/c19-12-2-1-7-18-9-11(17-13(12)18)14(20)16-8-10-3-5-15-6-4-10/h1-7,9,19H,8H2,(H,16,20). The van der Waals surface area contributed by atoms with Crippen LogP contribution < -0.4 is 5.32 Å². The first kappa shape index (κ1) is 12.2. The van der Waals surface area contributed by atoms with Crippen molar-refractivity contribution in [2.24, 2.45) is 0 Å². The number of fused-ring (bicyclic) bond motifs is 1. The van der Waals surface area contributed by atoms with Crippen LogP contribution in [0.2, 0.25) is 0 Å². The van der Waals surface area contributed by atoms with Gasteiger partial charge in [0.25, 0.3) is 5.91 Å². The number of aromatic nitrogens is 3. The summed E-state index contributed by atoms with van der Waals surface area (Å²) in [7, 11) is 0. The molecule has 3 aromatic rings. The molecule has 1 amide bonds. The molecule has 0 fully saturated rings. The Labute approximate surface area is 114 Å². The molecule has 0 spiro atoms. The molecule has 3 aromatic heterocycles. The maximum atomic E-state index is 12.0. The third kappa shape index (κ3) is 2.31. The van der Waals surface area contributed by atoms with Gasteiger partial charge in [0.05, 0.1) is 0 Å². The van der Waals surface area contributed by atoms with Crippen molar-refractivity contribution >= 4 is 11.6 Å². The normalized spacial score (nSPS) is 10.6. The summed E-state index contributed by atoms with van der Waals surface area (Å²) in [5, 5.41) is 12.4. The van der Waals surface area contributed by atoms with Crippen LogP contribution in [0.25, 0.3) is 5.65 Å². The third-order valence-corrected chi connectivity index (χ3v) is 2.90. The van der Waals surface area contributed by atoms with Crippen molar-refractivity contribution in [1.29, 1.82) is 0 Å². The number of hydrogen-bond acceptors (Lipinski definition) is 4. The van der Waals surface area contributed by atoms with Gasteiger partial charge in [0, 0.05) is 31.3 Å². The molecule has 2 N–H and O–H groups in total. The summed E-state index contributed by atoms with van der Waals surface area (Å²) in [6, 6.07) is 6.87. The molecule has 6 nitrogen and oxygen atoms in total. The SMILES string of the molecule is O=C(NCc1ccncc1)c1cn2cccc(O)c2n1. The Kier molecular flexibility index (Phi) is 3.04. The molecule has 3 heterocycles. The molecular formula is C14H12N4O2. The highest BCUT2D eigenvalue weighted by atomic mass is 16.3. The summed E-state index contributed by atoms with van der Waals surface area (Å²) in [6.07, 6.45) is 6.65. The van der Waals surface area contributed by atoms with Gasteiger partial charge in [-0.25, -0.2) is 4.98 Å². The van der Waals surface area contributed by atoms with Gasteiger partial charge in [0.2, 0.25) is 0 Å². The molecule has 0 aliphatic heterocycles. The number of hydrogen-bond donors (Lipinski definition) is 2. The zero-order chi connectivity index (χ0) is 13.9. The van der Waals surface area contributed by atoms with E-state index in [2.05, 4.69) is 15.3 Å². The fraction of sp³-hybridized carbons (Fsp3) is 0.0714. The summed E-state index contributed by atoms with van der Waals surface area (Å²) >= 11 is 0. The van der Waals surface area contributed by atoms with Crippen molar-refractivity contribution in [3.63, 3.8) is 0 Å². The predicted octanol–water partition coefficient (Wildman–Crippen LogP) is 1.36. The summed E-state index contributed by atoms with van der Waals surface area (Å²) < 4.78 is 1.61. The number of carbonyl (C=O) groups excluding carboxylic acids is 1. The van der Waals surface area contributed by atoms with Gasteiger partial charge in [-0.05, 0) is 29.8 Å². The molecule has 0 aromatic carbocycles.